The molecular weight excluding hydrogens is 214 g/mol. The lowest BCUT2D eigenvalue weighted by atomic mass is 9.88. The molecule has 1 fully saturated rings. The lowest BCUT2D eigenvalue weighted by Crippen LogP contribution is -2.25. The number of furan rings is 1. The van der Waals surface area contributed by atoms with Gasteiger partial charge in [0.05, 0.1) is 6.10 Å². The predicted octanol–water partition coefficient (Wildman–Crippen LogP) is 3.14. The van der Waals surface area contributed by atoms with Crippen molar-refractivity contribution in [3.8, 4) is 0 Å². The number of rotatable bonds is 4. The molecule has 0 amide bonds. The van der Waals surface area contributed by atoms with E-state index in [4.69, 9.17) is 14.9 Å². The molecule has 1 saturated carbocycles. The third-order valence-corrected chi connectivity index (χ3v) is 3.76. The average molecular weight is 237 g/mol. The van der Waals surface area contributed by atoms with E-state index < -0.39 is 0 Å². The highest BCUT2D eigenvalue weighted by molar-refractivity contribution is 5.19. The van der Waals surface area contributed by atoms with E-state index in [1.165, 1.54) is 25.7 Å². The molecule has 3 nitrogen and oxygen atoms in total. The molecule has 1 aliphatic carbocycles. The Balaban J connectivity index is 1.88. The fourth-order valence-corrected chi connectivity index (χ4v) is 2.58. The van der Waals surface area contributed by atoms with Gasteiger partial charge >= 0.3 is 0 Å². The summed E-state index contributed by atoms with van der Waals surface area (Å²) in [6.45, 7) is 5.35. The molecule has 0 radical (unpaired) electrons. The second-order valence-corrected chi connectivity index (χ2v) is 5.11. The Hall–Kier alpha value is -0.800. The van der Waals surface area contributed by atoms with Crippen molar-refractivity contribution in [3.05, 3.63) is 23.2 Å². The molecule has 2 rings (SSSR count). The standard InChI is InChI=1S/C14H23NO2/c1-10-5-3-4-6-14(10)16-9-13-7-12(8-15)11(2)17-13/h7,10,14H,3-6,8-9,15H2,1-2H3. The van der Waals surface area contributed by atoms with Gasteiger partial charge in [-0.2, -0.15) is 0 Å². The number of hydrogen-bond donors (Lipinski definition) is 1. The number of nitrogens with two attached hydrogens (primary N) is 1. The van der Waals surface area contributed by atoms with E-state index >= 15 is 0 Å². The topological polar surface area (TPSA) is 48.4 Å². The van der Waals surface area contributed by atoms with Crippen LogP contribution in [0.25, 0.3) is 0 Å². The van der Waals surface area contributed by atoms with Gasteiger partial charge in [-0.05, 0) is 31.7 Å². The first-order chi connectivity index (χ1) is 8.20. The third kappa shape index (κ3) is 3.11. The van der Waals surface area contributed by atoms with Crippen molar-refractivity contribution in [1.82, 2.24) is 0 Å². The van der Waals surface area contributed by atoms with Crippen LogP contribution in [0.1, 0.15) is 49.7 Å². The van der Waals surface area contributed by atoms with Crippen LogP contribution in [0, 0.1) is 12.8 Å². The maximum Gasteiger partial charge on any atom is 0.130 e. The van der Waals surface area contributed by atoms with Gasteiger partial charge in [0, 0.05) is 12.1 Å². The Bertz CT molecular complexity index is 359. The van der Waals surface area contributed by atoms with Crippen LogP contribution in [0.5, 0.6) is 0 Å². The van der Waals surface area contributed by atoms with Gasteiger partial charge in [-0.1, -0.05) is 19.8 Å². The second-order valence-electron chi connectivity index (χ2n) is 5.11. The normalized spacial score (nSPS) is 25.1. The first kappa shape index (κ1) is 12.7. The quantitative estimate of drug-likeness (QED) is 0.875. The first-order valence-corrected chi connectivity index (χ1v) is 6.60. The fourth-order valence-electron chi connectivity index (χ4n) is 2.58. The van der Waals surface area contributed by atoms with E-state index in [-0.39, 0.29) is 0 Å². The highest BCUT2D eigenvalue weighted by Crippen LogP contribution is 2.27. The fraction of sp³-hybridized carbons (Fsp3) is 0.714. The van der Waals surface area contributed by atoms with Gasteiger partial charge in [-0.15, -0.1) is 0 Å². The van der Waals surface area contributed by atoms with Crippen LogP contribution in [0.4, 0.5) is 0 Å². The molecule has 2 N–H and O–H groups in total. The Morgan fingerprint density at radius 2 is 2.18 bits per heavy atom. The van der Waals surface area contributed by atoms with Crippen LogP contribution >= 0.6 is 0 Å². The Morgan fingerprint density at radius 3 is 2.82 bits per heavy atom. The first-order valence-electron chi connectivity index (χ1n) is 6.60. The van der Waals surface area contributed by atoms with Gasteiger partial charge in [0.15, 0.2) is 0 Å². The molecule has 0 spiro atoms. The Kier molecular flexibility index (Phi) is 4.24. The smallest absolute Gasteiger partial charge is 0.130 e. The van der Waals surface area contributed by atoms with Gasteiger partial charge < -0.3 is 14.9 Å². The lowest BCUT2D eigenvalue weighted by molar-refractivity contribution is -0.0221. The molecule has 0 aliphatic heterocycles. The van der Waals surface area contributed by atoms with E-state index in [0.29, 0.717) is 25.2 Å². The minimum absolute atomic E-state index is 0.399. The summed E-state index contributed by atoms with van der Waals surface area (Å²) >= 11 is 0. The number of hydrogen-bond acceptors (Lipinski definition) is 3. The van der Waals surface area contributed by atoms with Crippen LogP contribution in [-0.4, -0.2) is 6.10 Å². The van der Waals surface area contributed by atoms with Crippen molar-refractivity contribution in [1.29, 1.82) is 0 Å². The Morgan fingerprint density at radius 1 is 1.41 bits per heavy atom. The van der Waals surface area contributed by atoms with Gasteiger partial charge in [-0.3, -0.25) is 0 Å². The average Bonchev–Trinajstić information content (AvgIpc) is 2.69. The summed E-state index contributed by atoms with van der Waals surface area (Å²) in [6, 6.07) is 2.02. The molecular formula is C14H23NO2. The number of aryl methyl sites for hydroxylation is 1. The van der Waals surface area contributed by atoms with E-state index in [0.717, 1.165) is 17.1 Å². The van der Waals surface area contributed by atoms with E-state index in [1.54, 1.807) is 0 Å². The number of ether oxygens (including phenoxy) is 1. The highest BCUT2D eigenvalue weighted by atomic mass is 16.5. The molecule has 96 valence electrons. The van der Waals surface area contributed by atoms with Crippen LogP contribution in [0.2, 0.25) is 0 Å². The molecule has 1 aromatic heterocycles. The zero-order valence-electron chi connectivity index (χ0n) is 10.9. The molecule has 17 heavy (non-hydrogen) atoms. The lowest BCUT2D eigenvalue weighted by Gasteiger charge is -2.28. The van der Waals surface area contributed by atoms with Gasteiger partial charge in [0.25, 0.3) is 0 Å². The summed E-state index contributed by atoms with van der Waals surface area (Å²) in [5.74, 6) is 2.50. The van der Waals surface area contributed by atoms with Crippen LogP contribution in [0.3, 0.4) is 0 Å². The summed E-state index contributed by atoms with van der Waals surface area (Å²) in [5, 5.41) is 0. The molecule has 2 atom stereocenters. The minimum Gasteiger partial charge on any atom is -0.464 e. The van der Waals surface area contributed by atoms with Crippen LogP contribution in [0.15, 0.2) is 10.5 Å². The minimum atomic E-state index is 0.399. The van der Waals surface area contributed by atoms with Crippen molar-refractivity contribution >= 4 is 0 Å². The molecule has 0 saturated heterocycles. The zero-order valence-corrected chi connectivity index (χ0v) is 10.9. The molecule has 0 bridgehead atoms. The van der Waals surface area contributed by atoms with Crippen LogP contribution in [-0.2, 0) is 17.9 Å². The summed E-state index contributed by atoms with van der Waals surface area (Å²) in [7, 11) is 0. The van der Waals surface area contributed by atoms with Crippen molar-refractivity contribution in [2.75, 3.05) is 0 Å². The summed E-state index contributed by atoms with van der Waals surface area (Å²) in [4.78, 5) is 0. The van der Waals surface area contributed by atoms with Gasteiger partial charge in [0.1, 0.15) is 18.1 Å². The van der Waals surface area contributed by atoms with Crippen molar-refractivity contribution < 1.29 is 9.15 Å². The molecule has 1 aliphatic rings. The van der Waals surface area contributed by atoms with Gasteiger partial charge in [0.2, 0.25) is 0 Å². The summed E-state index contributed by atoms with van der Waals surface area (Å²) < 4.78 is 11.6. The zero-order chi connectivity index (χ0) is 12.3. The molecule has 2 unspecified atom stereocenters. The van der Waals surface area contributed by atoms with E-state index in [1.807, 2.05) is 13.0 Å². The Labute approximate surface area is 103 Å². The monoisotopic (exact) mass is 237 g/mol. The second kappa shape index (κ2) is 5.69. The van der Waals surface area contributed by atoms with Gasteiger partial charge in [-0.25, -0.2) is 0 Å². The molecule has 1 heterocycles. The van der Waals surface area contributed by atoms with Crippen LogP contribution < -0.4 is 5.73 Å². The van der Waals surface area contributed by atoms with E-state index in [9.17, 15) is 0 Å². The molecule has 1 aromatic rings. The maximum atomic E-state index is 5.96. The highest BCUT2D eigenvalue weighted by Gasteiger charge is 2.22. The van der Waals surface area contributed by atoms with Crippen molar-refractivity contribution in [3.63, 3.8) is 0 Å². The van der Waals surface area contributed by atoms with E-state index in [2.05, 4.69) is 6.92 Å². The molecule has 3 heteroatoms. The van der Waals surface area contributed by atoms with Crippen molar-refractivity contribution in [2.24, 2.45) is 11.7 Å². The summed E-state index contributed by atoms with van der Waals surface area (Å²) in [5.41, 5.74) is 6.71. The maximum absolute atomic E-state index is 5.96. The summed E-state index contributed by atoms with van der Waals surface area (Å²) in [6.07, 6.45) is 5.51. The van der Waals surface area contributed by atoms with Crippen molar-refractivity contribution in [2.45, 2.75) is 58.8 Å². The molecule has 0 aromatic carbocycles. The SMILES string of the molecule is Cc1oc(COC2CCCCC2C)cc1CN. The predicted molar refractivity (Wildman–Crippen MR) is 67.5 cm³/mol. The largest absolute Gasteiger partial charge is 0.464 e. The third-order valence-electron chi connectivity index (χ3n) is 3.76.